The fraction of sp³-hybridized carbons (Fsp3) is 0.156. The van der Waals surface area contributed by atoms with Gasteiger partial charge in [0.05, 0.1) is 18.8 Å². The third kappa shape index (κ3) is 5.31. The van der Waals surface area contributed by atoms with Crippen molar-refractivity contribution in [1.82, 2.24) is 19.7 Å². The van der Waals surface area contributed by atoms with E-state index in [9.17, 15) is 14.9 Å². The van der Waals surface area contributed by atoms with Crippen molar-refractivity contribution in [3.63, 3.8) is 0 Å². The standard InChI is InChI=1S/C32H27N5O3/c1-3-15-40-27-13-7-10-24(16-27)30-25(21-37(35-30)26-11-5-4-6-12-26)17-28-22(2)29(18-33)32(39)36(31(28)38)20-23-9-8-14-34-19-23/h4-14,16-17,19,21H,3,15,20H2,1-2H3/b28-17+. The van der Waals surface area contributed by atoms with Crippen LogP contribution in [-0.2, 0) is 16.1 Å². The maximum absolute atomic E-state index is 13.7. The van der Waals surface area contributed by atoms with Crippen molar-refractivity contribution in [2.24, 2.45) is 0 Å². The summed E-state index contributed by atoms with van der Waals surface area (Å²) in [5.41, 5.74) is 4.15. The second-order valence-corrected chi connectivity index (χ2v) is 9.32. The second-order valence-electron chi connectivity index (χ2n) is 9.32. The maximum atomic E-state index is 13.7. The summed E-state index contributed by atoms with van der Waals surface area (Å²) in [7, 11) is 0. The molecule has 4 aromatic rings. The Morgan fingerprint density at radius 1 is 1.02 bits per heavy atom. The molecule has 3 heterocycles. The molecule has 0 atom stereocenters. The van der Waals surface area contributed by atoms with Crippen LogP contribution >= 0.6 is 0 Å². The Labute approximate surface area is 232 Å². The molecule has 0 N–H and O–H groups in total. The molecule has 0 saturated heterocycles. The summed E-state index contributed by atoms with van der Waals surface area (Å²) in [4.78, 5) is 32.0. The smallest absolute Gasteiger partial charge is 0.271 e. The van der Waals surface area contributed by atoms with Crippen LogP contribution < -0.4 is 4.74 Å². The normalized spacial score (nSPS) is 14.5. The van der Waals surface area contributed by atoms with Gasteiger partial charge in [-0.15, -0.1) is 0 Å². The average molecular weight is 530 g/mol. The highest BCUT2D eigenvalue weighted by atomic mass is 16.5. The lowest BCUT2D eigenvalue weighted by atomic mass is 9.93. The number of para-hydroxylation sites is 1. The molecule has 0 saturated carbocycles. The maximum Gasteiger partial charge on any atom is 0.271 e. The number of benzene rings is 2. The summed E-state index contributed by atoms with van der Waals surface area (Å²) in [5.74, 6) is -0.382. The van der Waals surface area contributed by atoms with Crippen LogP contribution in [0.5, 0.6) is 5.75 Å². The van der Waals surface area contributed by atoms with E-state index in [-0.39, 0.29) is 17.7 Å². The van der Waals surface area contributed by atoms with Gasteiger partial charge < -0.3 is 4.74 Å². The summed E-state index contributed by atoms with van der Waals surface area (Å²) in [6.45, 7) is 4.27. The zero-order valence-electron chi connectivity index (χ0n) is 22.2. The number of rotatable bonds is 8. The van der Waals surface area contributed by atoms with Gasteiger partial charge >= 0.3 is 0 Å². The van der Waals surface area contributed by atoms with Gasteiger partial charge in [0.15, 0.2) is 0 Å². The van der Waals surface area contributed by atoms with Crippen molar-refractivity contribution < 1.29 is 14.3 Å². The van der Waals surface area contributed by atoms with E-state index < -0.39 is 11.8 Å². The summed E-state index contributed by atoms with van der Waals surface area (Å²) >= 11 is 0. The molecule has 198 valence electrons. The van der Waals surface area contributed by atoms with Gasteiger partial charge in [0.1, 0.15) is 23.1 Å². The highest BCUT2D eigenvalue weighted by Crippen LogP contribution is 2.32. The molecule has 8 heteroatoms. The van der Waals surface area contributed by atoms with Crippen LogP contribution in [0.3, 0.4) is 0 Å². The predicted molar refractivity (Wildman–Crippen MR) is 151 cm³/mol. The number of pyridine rings is 1. The van der Waals surface area contributed by atoms with Crippen molar-refractivity contribution in [2.75, 3.05) is 6.61 Å². The lowest BCUT2D eigenvalue weighted by Crippen LogP contribution is -2.42. The Balaban J connectivity index is 1.64. The number of nitrogens with zero attached hydrogens (tertiary/aromatic N) is 5. The van der Waals surface area contributed by atoms with Crippen LogP contribution in [0.25, 0.3) is 23.0 Å². The van der Waals surface area contributed by atoms with Gasteiger partial charge in [0.2, 0.25) is 0 Å². The first kappa shape index (κ1) is 26.3. The molecular weight excluding hydrogens is 502 g/mol. The van der Waals surface area contributed by atoms with E-state index in [2.05, 4.69) is 4.98 Å². The van der Waals surface area contributed by atoms with Gasteiger partial charge in [-0.3, -0.25) is 19.5 Å². The number of nitriles is 1. The van der Waals surface area contributed by atoms with E-state index in [1.165, 1.54) is 0 Å². The van der Waals surface area contributed by atoms with Gasteiger partial charge in [-0.1, -0.05) is 43.3 Å². The number of hydrogen-bond acceptors (Lipinski definition) is 6. The molecule has 40 heavy (non-hydrogen) atoms. The van der Waals surface area contributed by atoms with Crippen molar-refractivity contribution >= 4 is 17.9 Å². The van der Waals surface area contributed by atoms with Gasteiger partial charge in [-0.25, -0.2) is 4.68 Å². The van der Waals surface area contributed by atoms with Crippen molar-refractivity contribution in [3.8, 4) is 28.8 Å². The zero-order chi connectivity index (χ0) is 28.1. The molecule has 1 aliphatic rings. The van der Waals surface area contributed by atoms with Crippen LogP contribution in [-0.4, -0.2) is 38.1 Å². The zero-order valence-corrected chi connectivity index (χ0v) is 22.2. The topological polar surface area (TPSA) is 101 Å². The number of imide groups is 1. The Bertz CT molecular complexity index is 1660. The monoisotopic (exact) mass is 529 g/mol. The van der Waals surface area contributed by atoms with Crippen LogP contribution in [0.2, 0.25) is 0 Å². The number of aromatic nitrogens is 3. The minimum Gasteiger partial charge on any atom is -0.494 e. The quantitative estimate of drug-likeness (QED) is 0.220. The summed E-state index contributed by atoms with van der Waals surface area (Å²) in [5, 5.41) is 14.7. The molecule has 2 aromatic carbocycles. The molecular formula is C32H27N5O3. The second kappa shape index (κ2) is 11.6. The number of carbonyl (C=O) groups excluding carboxylic acids is 2. The Morgan fingerprint density at radius 3 is 2.58 bits per heavy atom. The van der Waals surface area contributed by atoms with Crippen molar-refractivity contribution in [2.45, 2.75) is 26.8 Å². The largest absolute Gasteiger partial charge is 0.494 e. The van der Waals surface area contributed by atoms with Crippen LogP contribution in [0.15, 0.2) is 102 Å². The molecule has 0 unspecified atom stereocenters. The summed E-state index contributed by atoms with van der Waals surface area (Å²) in [6, 6.07) is 22.8. The number of hydrogen-bond donors (Lipinski definition) is 0. The van der Waals surface area contributed by atoms with Gasteiger partial charge in [-0.05, 0) is 60.9 Å². The highest BCUT2D eigenvalue weighted by Gasteiger charge is 2.35. The Hall–Kier alpha value is -5.29. The fourth-order valence-electron chi connectivity index (χ4n) is 4.49. The third-order valence-electron chi connectivity index (χ3n) is 6.53. The Kier molecular flexibility index (Phi) is 7.65. The first-order valence-corrected chi connectivity index (χ1v) is 13.0. The van der Waals surface area contributed by atoms with E-state index in [1.54, 1.807) is 42.2 Å². The van der Waals surface area contributed by atoms with E-state index in [0.29, 0.717) is 29.0 Å². The minimum absolute atomic E-state index is 0.00819. The van der Waals surface area contributed by atoms with Crippen LogP contribution in [0.4, 0.5) is 0 Å². The predicted octanol–water partition coefficient (Wildman–Crippen LogP) is 5.52. The van der Waals surface area contributed by atoms with Gasteiger partial charge in [0.25, 0.3) is 11.8 Å². The molecule has 0 bridgehead atoms. The lowest BCUT2D eigenvalue weighted by molar-refractivity contribution is -0.141. The first-order valence-electron chi connectivity index (χ1n) is 13.0. The van der Waals surface area contributed by atoms with Crippen LogP contribution in [0.1, 0.15) is 31.4 Å². The van der Waals surface area contributed by atoms with E-state index in [0.717, 1.165) is 28.3 Å². The molecule has 2 amide bonds. The molecule has 5 rings (SSSR count). The first-order chi connectivity index (χ1) is 19.5. The lowest BCUT2D eigenvalue weighted by Gasteiger charge is -2.27. The highest BCUT2D eigenvalue weighted by molar-refractivity contribution is 6.19. The molecule has 0 radical (unpaired) electrons. The molecule has 0 fully saturated rings. The average Bonchev–Trinajstić information content (AvgIpc) is 3.42. The van der Waals surface area contributed by atoms with Gasteiger partial charge in [-0.2, -0.15) is 10.4 Å². The van der Waals surface area contributed by atoms with E-state index in [1.807, 2.05) is 73.8 Å². The van der Waals surface area contributed by atoms with Gasteiger partial charge in [0, 0.05) is 35.3 Å². The molecule has 0 aliphatic carbocycles. The summed E-state index contributed by atoms with van der Waals surface area (Å²) in [6.07, 6.45) is 7.64. The molecule has 2 aromatic heterocycles. The van der Waals surface area contributed by atoms with E-state index in [4.69, 9.17) is 9.84 Å². The SMILES string of the molecule is CCCOc1cccc(-c2nn(-c3ccccc3)cc2/C=C2/C(=O)N(Cc3cccnc3)C(=O)C(C#N)=C2C)c1. The van der Waals surface area contributed by atoms with E-state index >= 15 is 0 Å². The number of carbonyl (C=O) groups is 2. The Morgan fingerprint density at radius 2 is 1.85 bits per heavy atom. The molecule has 1 aliphatic heterocycles. The minimum atomic E-state index is -0.619. The number of ether oxygens (including phenoxy) is 1. The molecule has 0 spiro atoms. The third-order valence-corrected chi connectivity index (χ3v) is 6.53. The number of amides is 2. The van der Waals surface area contributed by atoms with Crippen LogP contribution in [0, 0.1) is 11.3 Å². The van der Waals surface area contributed by atoms with Crippen molar-refractivity contribution in [1.29, 1.82) is 5.26 Å². The summed E-state index contributed by atoms with van der Waals surface area (Å²) < 4.78 is 7.59. The fourth-order valence-corrected chi connectivity index (χ4v) is 4.49. The molecule has 8 nitrogen and oxygen atoms in total. The van der Waals surface area contributed by atoms with Crippen molar-refractivity contribution in [3.05, 3.63) is 113 Å².